The number of hydrogen-bond donors (Lipinski definition) is 1. The molecule has 0 aromatic heterocycles. The molecule has 0 aliphatic heterocycles. The van der Waals surface area contributed by atoms with E-state index in [1.165, 1.54) is 0 Å². The standard InChI is InChI=1S/C10H9ClN2/c1-2-9(13)10-7(6-12)4-3-5-8(10)11/h2-5,9H,1,13H2/t9-/m1/s1. The van der Waals surface area contributed by atoms with Crippen molar-refractivity contribution in [2.75, 3.05) is 0 Å². The van der Waals surface area contributed by atoms with Gasteiger partial charge in [0.05, 0.1) is 17.7 Å². The summed E-state index contributed by atoms with van der Waals surface area (Å²) in [6.45, 7) is 3.56. The van der Waals surface area contributed by atoms with Gasteiger partial charge in [-0.05, 0) is 12.1 Å². The Bertz CT molecular complexity index is 366. The summed E-state index contributed by atoms with van der Waals surface area (Å²) in [5.41, 5.74) is 6.86. The first kappa shape index (κ1) is 9.79. The third kappa shape index (κ3) is 1.89. The molecule has 0 bridgehead atoms. The molecule has 1 aromatic rings. The highest BCUT2D eigenvalue weighted by Gasteiger charge is 2.11. The maximum absolute atomic E-state index is 8.79. The van der Waals surface area contributed by atoms with Crippen molar-refractivity contribution in [3.63, 3.8) is 0 Å². The average molecular weight is 193 g/mol. The Labute approximate surface area is 82.2 Å². The summed E-state index contributed by atoms with van der Waals surface area (Å²) < 4.78 is 0. The Morgan fingerprint density at radius 1 is 1.62 bits per heavy atom. The van der Waals surface area contributed by atoms with Gasteiger partial charge < -0.3 is 5.73 Å². The van der Waals surface area contributed by atoms with Crippen molar-refractivity contribution in [3.8, 4) is 6.07 Å². The van der Waals surface area contributed by atoms with E-state index in [1.807, 2.05) is 6.07 Å². The molecule has 0 aliphatic rings. The number of rotatable bonds is 2. The first-order valence-corrected chi connectivity index (χ1v) is 4.15. The van der Waals surface area contributed by atoms with Crippen LogP contribution in [0.1, 0.15) is 17.2 Å². The zero-order valence-electron chi connectivity index (χ0n) is 7.00. The highest BCUT2D eigenvalue weighted by atomic mass is 35.5. The second-order valence-electron chi connectivity index (χ2n) is 2.57. The Balaban J connectivity index is 3.32. The number of hydrogen-bond acceptors (Lipinski definition) is 2. The smallest absolute Gasteiger partial charge is 0.0995 e. The largest absolute Gasteiger partial charge is 0.321 e. The van der Waals surface area contributed by atoms with Crippen LogP contribution >= 0.6 is 11.6 Å². The highest BCUT2D eigenvalue weighted by Crippen LogP contribution is 2.25. The number of nitrogens with zero attached hydrogens (tertiary/aromatic N) is 1. The number of nitrogens with two attached hydrogens (primary N) is 1. The minimum atomic E-state index is -0.386. The predicted molar refractivity (Wildman–Crippen MR) is 53.3 cm³/mol. The summed E-state index contributed by atoms with van der Waals surface area (Å²) in [6.07, 6.45) is 1.56. The summed E-state index contributed by atoms with van der Waals surface area (Å²) in [6, 6.07) is 6.77. The van der Waals surface area contributed by atoms with E-state index in [9.17, 15) is 0 Å². The van der Waals surface area contributed by atoms with E-state index in [-0.39, 0.29) is 6.04 Å². The van der Waals surface area contributed by atoms with Crippen LogP contribution in [0.15, 0.2) is 30.9 Å². The second kappa shape index (κ2) is 4.08. The van der Waals surface area contributed by atoms with Gasteiger partial charge in [-0.1, -0.05) is 23.7 Å². The van der Waals surface area contributed by atoms with Gasteiger partial charge in [0.1, 0.15) is 0 Å². The molecule has 66 valence electrons. The van der Waals surface area contributed by atoms with Crippen molar-refractivity contribution < 1.29 is 0 Å². The van der Waals surface area contributed by atoms with Crippen LogP contribution in [0.5, 0.6) is 0 Å². The molecule has 1 atom stereocenters. The summed E-state index contributed by atoms with van der Waals surface area (Å²) in [4.78, 5) is 0. The maximum atomic E-state index is 8.79. The van der Waals surface area contributed by atoms with E-state index in [0.717, 1.165) is 0 Å². The van der Waals surface area contributed by atoms with Crippen molar-refractivity contribution in [2.45, 2.75) is 6.04 Å². The molecule has 0 unspecified atom stereocenters. The Morgan fingerprint density at radius 3 is 2.85 bits per heavy atom. The molecule has 2 nitrogen and oxygen atoms in total. The molecule has 0 heterocycles. The maximum Gasteiger partial charge on any atom is 0.0995 e. The quantitative estimate of drug-likeness (QED) is 0.732. The molecular weight excluding hydrogens is 184 g/mol. The average Bonchev–Trinajstić information content (AvgIpc) is 2.16. The molecule has 0 saturated heterocycles. The second-order valence-corrected chi connectivity index (χ2v) is 2.98. The molecule has 0 saturated carbocycles. The van der Waals surface area contributed by atoms with Gasteiger partial charge in [0.25, 0.3) is 0 Å². The van der Waals surface area contributed by atoms with E-state index in [0.29, 0.717) is 16.1 Å². The van der Waals surface area contributed by atoms with E-state index in [4.69, 9.17) is 22.6 Å². The minimum Gasteiger partial charge on any atom is -0.321 e. The Hall–Kier alpha value is -1.30. The van der Waals surface area contributed by atoms with E-state index in [1.54, 1.807) is 24.3 Å². The summed E-state index contributed by atoms with van der Waals surface area (Å²) >= 11 is 5.90. The van der Waals surface area contributed by atoms with Gasteiger partial charge in [0, 0.05) is 10.6 Å². The monoisotopic (exact) mass is 192 g/mol. The summed E-state index contributed by atoms with van der Waals surface area (Å²) in [5.74, 6) is 0. The molecule has 3 heteroatoms. The van der Waals surface area contributed by atoms with Crippen molar-refractivity contribution in [3.05, 3.63) is 47.0 Å². The summed E-state index contributed by atoms with van der Waals surface area (Å²) in [5, 5.41) is 9.29. The van der Waals surface area contributed by atoms with Crippen molar-refractivity contribution >= 4 is 11.6 Å². The zero-order valence-corrected chi connectivity index (χ0v) is 7.75. The lowest BCUT2D eigenvalue weighted by Crippen LogP contribution is -2.09. The van der Waals surface area contributed by atoms with Gasteiger partial charge in [0.2, 0.25) is 0 Å². The van der Waals surface area contributed by atoms with E-state index >= 15 is 0 Å². The normalized spacial score (nSPS) is 11.8. The molecule has 0 aliphatic carbocycles. The Morgan fingerprint density at radius 2 is 2.31 bits per heavy atom. The topological polar surface area (TPSA) is 49.8 Å². The molecule has 2 N–H and O–H groups in total. The van der Waals surface area contributed by atoms with Crippen LogP contribution in [-0.2, 0) is 0 Å². The zero-order chi connectivity index (χ0) is 9.84. The molecule has 0 spiro atoms. The molecule has 13 heavy (non-hydrogen) atoms. The number of nitriles is 1. The predicted octanol–water partition coefficient (Wildman–Crippen LogP) is 2.40. The SMILES string of the molecule is C=C[C@@H](N)c1c(Cl)cccc1C#N. The van der Waals surface area contributed by atoms with Crippen LogP contribution in [0.25, 0.3) is 0 Å². The molecule has 0 fully saturated rings. The third-order valence-corrected chi connectivity index (χ3v) is 2.09. The molecule has 1 aromatic carbocycles. The lowest BCUT2D eigenvalue weighted by Gasteiger charge is -2.10. The van der Waals surface area contributed by atoms with Crippen LogP contribution in [0, 0.1) is 11.3 Å². The lowest BCUT2D eigenvalue weighted by atomic mass is 10.0. The van der Waals surface area contributed by atoms with Gasteiger partial charge in [-0.3, -0.25) is 0 Å². The minimum absolute atomic E-state index is 0.386. The fraction of sp³-hybridized carbons (Fsp3) is 0.100. The van der Waals surface area contributed by atoms with Crippen LogP contribution in [-0.4, -0.2) is 0 Å². The lowest BCUT2D eigenvalue weighted by molar-refractivity contribution is 0.910. The van der Waals surface area contributed by atoms with Crippen molar-refractivity contribution in [2.24, 2.45) is 5.73 Å². The van der Waals surface area contributed by atoms with Crippen LogP contribution in [0.3, 0.4) is 0 Å². The first-order chi connectivity index (χ1) is 6.20. The fourth-order valence-electron chi connectivity index (χ4n) is 1.09. The van der Waals surface area contributed by atoms with Crippen molar-refractivity contribution in [1.82, 2.24) is 0 Å². The Kier molecular flexibility index (Phi) is 3.07. The van der Waals surface area contributed by atoms with Gasteiger partial charge in [-0.15, -0.1) is 6.58 Å². The third-order valence-electron chi connectivity index (χ3n) is 1.76. The van der Waals surface area contributed by atoms with Crippen LogP contribution in [0.4, 0.5) is 0 Å². The van der Waals surface area contributed by atoms with Gasteiger partial charge in [-0.2, -0.15) is 5.26 Å². The highest BCUT2D eigenvalue weighted by molar-refractivity contribution is 6.31. The number of halogens is 1. The van der Waals surface area contributed by atoms with E-state index < -0.39 is 0 Å². The molecule has 0 radical (unpaired) electrons. The number of benzene rings is 1. The molecule has 1 rings (SSSR count). The van der Waals surface area contributed by atoms with Gasteiger partial charge >= 0.3 is 0 Å². The van der Waals surface area contributed by atoms with Gasteiger partial charge in [0.15, 0.2) is 0 Å². The first-order valence-electron chi connectivity index (χ1n) is 3.77. The fourth-order valence-corrected chi connectivity index (χ4v) is 1.39. The van der Waals surface area contributed by atoms with E-state index in [2.05, 4.69) is 6.58 Å². The van der Waals surface area contributed by atoms with Crippen molar-refractivity contribution in [1.29, 1.82) is 5.26 Å². The summed E-state index contributed by atoms with van der Waals surface area (Å²) in [7, 11) is 0. The van der Waals surface area contributed by atoms with Gasteiger partial charge in [-0.25, -0.2) is 0 Å². The van der Waals surface area contributed by atoms with Crippen LogP contribution < -0.4 is 5.73 Å². The van der Waals surface area contributed by atoms with Crippen LogP contribution in [0.2, 0.25) is 5.02 Å². The molecular formula is C10H9ClN2. The molecule has 0 amide bonds.